The number of fused-ring (bicyclic) bond motifs is 13. The monoisotopic (exact) mass is 649 g/mol. The number of hydrogen-bond acceptors (Lipinski definition) is 2. The number of para-hydroxylation sites is 2. The third kappa shape index (κ3) is 3.87. The highest BCUT2D eigenvalue weighted by molar-refractivity contribution is 6.07. The fraction of sp³-hybridized carbons (Fsp3) is 0.0204. The topological polar surface area (TPSA) is 16.4 Å². The minimum absolute atomic E-state index is 0.376. The minimum atomic E-state index is -0.376. The molecule has 1 spiro atoms. The van der Waals surface area contributed by atoms with Gasteiger partial charge in [-0.3, -0.25) is 0 Å². The van der Waals surface area contributed by atoms with E-state index in [9.17, 15) is 0 Å². The fourth-order valence-corrected chi connectivity index (χ4v) is 9.04. The minimum Gasteiger partial charge on any atom is -0.456 e. The lowest BCUT2D eigenvalue weighted by molar-refractivity contribution is 0.669. The van der Waals surface area contributed by atoms with Crippen LogP contribution < -0.4 is 4.90 Å². The molecule has 2 heteroatoms. The van der Waals surface area contributed by atoms with Crippen LogP contribution in [0.2, 0.25) is 0 Å². The molecule has 1 aromatic heterocycles. The molecule has 0 atom stereocenters. The lowest BCUT2D eigenvalue weighted by Crippen LogP contribution is -2.25. The predicted octanol–water partition coefficient (Wildman–Crippen LogP) is 13.1. The third-order valence-corrected chi connectivity index (χ3v) is 11.1. The van der Waals surface area contributed by atoms with Crippen LogP contribution in [0.4, 0.5) is 17.1 Å². The van der Waals surface area contributed by atoms with Crippen LogP contribution in [0, 0.1) is 0 Å². The maximum Gasteiger partial charge on any atom is 0.135 e. The molecule has 0 saturated heterocycles. The second kappa shape index (κ2) is 10.7. The summed E-state index contributed by atoms with van der Waals surface area (Å²) in [4.78, 5) is 2.42. The van der Waals surface area contributed by atoms with E-state index in [1.807, 2.05) is 12.1 Å². The molecule has 0 amide bonds. The summed E-state index contributed by atoms with van der Waals surface area (Å²) in [6.45, 7) is 0. The summed E-state index contributed by atoms with van der Waals surface area (Å²) in [6.07, 6.45) is 0. The van der Waals surface area contributed by atoms with E-state index in [1.165, 1.54) is 55.6 Å². The molecule has 2 nitrogen and oxygen atoms in total. The summed E-state index contributed by atoms with van der Waals surface area (Å²) in [6, 6.07) is 68.5. The van der Waals surface area contributed by atoms with E-state index < -0.39 is 0 Å². The molecule has 238 valence electrons. The van der Waals surface area contributed by atoms with Crippen molar-refractivity contribution in [2.75, 3.05) is 4.90 Å². The van der Waals surface area contributed by atoms with Crippen molar-refractivity contribution < 1.29 is 4.42 Å². The number of nitrogens with zero attached hydrogens (tertiary/aromatic N) is 1. The lowest BCUT2D eigenvalue weighted by Gasteiger charge is -2.31. The molecular weight excluding hydrogens is 619 g/mol. The summed E-state index contributed by atoms with van der Waals surface area (Å²) >= 11 is 0. The molecule has 2 aliphatic carbocycles. The van der Waals surface area contributed by atoms with Gasteiger partial charge in [-0.25, -0.2) is 0 Å². The molecule has 0 radical (unpaired) electrons. The van der Waals surface area contributed by atoms with Crippen LogP contribution in [-0.2, 0) is 5.41 Å². The summed E-state index contributed by atoms with van der Waals surface area (Å²) < 4.78 is 6.28. The summed E-state index contributed by atoms with van der Waals surface area (Å²) in [5.41, 5.74) is 17.6. The summed E-state index contributed by atoms with van der Waals surface area (Å²) in [5, 5.41) is 2.23. The van der Waals surface area contributed by atoms with E-state index in [0.717, 1.165) is 39.0 Å². The van der Waals surface area contributed by atoms with Gasteiger partial charge in [0.25, 0.3) is 0 Å². The maximum atomic E-state index is 6.28. The van der Waals surface area contributed by atoms with Gasteiger partial charge in [-0.1, -0.05) is 146 Å². The molecule has 0 fully saturated rings. The summed E-state index contributed by atoms with van der Waals surface area (Å²) in [7, 11) is 0. The Morgan fingerprint density at radius 2 is 0.863 bits per heavy atom. The highest BCUT2D eigenvalue weighted by Gasteiger charge is 2.51. The number of furan rings is 1. The molecule has 0 unspecified atom stereocenters. The first-order chi connectivity index (χ1) is 25.3. The number of anilines is 3. The van der Waals surface area contributed by atoms with Gasteiger partial charge < -0.3 is 9.32 Å². The Hall–Kier alpha value is -6.64. The Balaban J connectivity index is 1.19. The van der Waals surface area contributed by atoms with E-state index in [4.69, 9.17) is 4.42 Å². The van der Waals surface area contributed by atoms with Gasteiger partial charge >= 0.3 is 0 Å². The van der Waals surface area contributed by atoms with Crippen molar-refractivity contribution in [1.82, 2.24) is 0 Å². The van der Waals surface area contributed by atoms with Crippen molar-refractivity contribution in [3.63, 3.8) is 0 Å². The average Bonchev–Trinajstić information content (AvgIpc) is 3.82. The highest BCUT2D eigenvalue weighted by atomic mass is 16.3. The Bertz CT molecular complexity index is 2780. The van der Waals surface area contributed by atoms with Gasteiger partial charge in [0.15, 0.2) is 0 Å². The van der Waals surface area contributed by atoms with Crippen molar-refractivity contribution in [2.24, 2.45) is 0 Å². The number of hydrogen-bond donors (Lipinski definition) is 0. The third-order valence-electron chi connectivity index (χ3n) is 11.1. The Morgan fingerprint density at radius 1 is 0.353 bits per heavy atom. The molecular formula is C49H31NO. The van der Waals surface area contributed by atoms with Crippen LogP contribution in [-0.4, -0.2) is 0 Å². The largest absolute Gasteiger partial charge is 0.456 e. The van der Waals surface area contributed by atoms with Gasteiger partial charge in [0.2, 0.25) is 0 Å². The first-order valence-corrected chi connectivity index (χ1v) is 17.6. The number of rotatable bonds is 4. The van der Waals surface area contributed by atoms with Gasteiger partial charge in [-0.15, -0.1) is 0 Å². The zero-order chi connectivity index (χ0) is 33.5. The average molecular weight is 650 g/mol. The molecule has 1 heterocycles. The normalized spacial score (nSPS) is 13.3. The first-order valence-electron chi connectivity index (χ1n) is 17.6. The zero-order valence-corrected chi connectivity index (χ0v) is 27.8. The van der Waals surface area contributed by atoms with E-state index in [-0.39, 0.29) is 5.41 Å². The van der Waals surface area contributed by atoms with Crippen molar-refractivity contribution in [3.8, 4) is 33.4 Å². The van der Waals surface area contributed by atoms with Crippen molar-refractivity contribution in [3.05, 3.63) is 210 Å². The molecule has 9 aromatic rings. The SMILES string of the molecule is c1ccc(-c2ccccc2N(c2ccc3c(c2)-c2ccccc2C32c3ccccc3-c3ccccc32)c2ccc3oc4ccccc4c3c2)cc1. The Kier molecular flexibility index (Phi) is 5.91. The zero-order valence-electron chi connectivity index (χ0n) is 27.8. The number of benzene rings is 8. The molecule has 51 heavy (non-hydrogen) atoms. The Labute approximate surface area is 296 Å². The van der Waals surface area contributed by atoms with E-state index in [1.54, 1.807) is 0 Å². The molecule has 0 saturated carbocycles. The van der Waals surface area contributed by atoms with Crippen molar-refractivity contribution in [2.45, 2.75) is 5.41 Å². The van der Waals surface area contributed by atoms with E-state index >= 15 is 0 Å². The van der Waals surface area contributed by atoms with Crippen LogP contribution in [0.1, 0.15) is 22.3 Å². The molecule has 2 aliphatic rings. The predicted molar refractivity (Wildman–Crippen MR) is 210 cm³/mol. The van der Waals surface area contributed by atoms with Gasteiger partial charge in [-0.2, -0.15) is 0 Å². The fourth-order valence-electron chi connectivity index (χ4n) is 9.04. The Morgan fingerprint density at radius 3 is 1.59 bits per heavy atom. The first kappa shape index (κ1) is 28.2. The van der Waals surface area contributed by atoms with Gasteiger partial charge in [-0.05, 0) is 92.5 Å². The van der Waals surface area contributed by atoms with Crippen LogP contribution in [0.15, 0.2) is 192 Å². The van der Waals surface area contributed by atoms with Crippen LogP contribution >= 0.6 is 0 Å². The van der Waals surface area contributed by atoms with Crippen LogP contribution in [0.3, 0.4) is 0 Å². The van der Waals surface area contributed by atoms with Crippen molar-refractivity contribution in [1.29, 1.82) is 0 Å². The summed E-state index contributed by atoms with van der Waals surface area (Å²) in [5.74, 6) is 0. The second-order valence-corrected chi connectivity index (χ2v) is 13.6. The molecule has 8 aromatic carbocycles. The second-order valence-electron chi connectivity index (χ2n) is 13.6. The van der Waals surface area contributed by atoms with E-state index in [2.05, 4.69) is 181 Å². The van der Waals surface area contributed by atoms with Crippen LogP contribution in [0.5, 0.6) is 0 Å². The highest BCUT2D eigenvalue weighted by Crippen LogP contribution is 2.63. The van der Waals surface area contributed by atoms with Crippen molar-refractivity contribution >= 4 is 39.0 Å². The van der Waals surface area contributed by atoms with Gasteiger partial charge in [0.05, 0.1) is 11.1 Å². The van der Waals surface area contributed by atoms with Crippen LogP contribution in [0.25, 0.3) is 55.3 Å². The van der Waals surface area contributed by atoms with E-state index in [0.29, 0.717) is 0 Å². The van der Waals surface area contributed by atoms with Gasteiger partial charge in [0, 0.05) is 27.7 Å². The lowest BCUT2D eigenvalue weighted by atomic mass is 9.70. The molecule has 0 bridgehead atoms. The molecule has 11 rings (SSSR count). The van der Waals surface area contributed by atoms with Gasteiger partial charge in [0.1, 0.15) is 11.2 Å². The quantitative estimate of drug-likeness (QED) is 0.189. The maximum absolute atomic E-state index is 6.28. The standard InChI is InChI=1S/C49H31NO/c1-2-14-32(15-3-1)35-16-7-12-24-46(35)50(34-27-29-48-41(31-34)39-20-8-13-25-47(39)51-48)33-26-28-45-40(30-33)38-19-6-11-23-44(38)49(45)42-21-9-4-17-36(42)37-18-5-10-22-43(37)49/h1-31H. The smallest absolute Gasteiger partial charge is 0.135 e. The molecule has 0 N–H and O–H groups in total. The molecule has 0 aliphatic heterocycles.